The van der Waals surface area contributed by atoms with E-state index in [9.17, 15) is 0 Å². The summed E-state index contributed by atoms with van der Waals surface area (Å²) in [6.45, 7) is 2.63. The van der Waals surface area contributed by atoms with E-state index in [1.165, 1.54) is 0 Å². The van der Waals surface area contributed by atoms with Gasteiger partial charge in [-0.3, -0.25) is 0 Å². The van der Waals surface area contributed by atoms with Crippen molar-refractivity contribution in [3.8, 4) is 5.75 Å². The first-order valence-electron chi connectivity index (χ1n) is 5.27. The summed E-state index contributed by atoms with van der Waals surface area (Å²) >= 11 is 1.59. The molecule has 0 amide bonds. The van der Waals surface area contributed by atoms with Gasteiger partial charge in [0.2, 0.25) is 0 Å². The molecule has 0 saturated carbocycles. The van der Waals surface area contributed by atoms with Crippen LogP contribution < -0.4 is 15.8 Å². The van der Waals surface area contributed by atoms with Crippen LogP contribution in [0.2, 0.25) is 0 Å². The van der Waals surface area contributed by atoms with Gasteiger partial charge in [0.05, 0.1) is 12.8 Å². The van der Waals surface area contributed by atoms with E-state index in [1.807, 2.05) is 30.5 Å². The average Bonchev–Trinajstić information content (AvgIpc) is 2.73. The molecular weight excluding hydrogens is 234 g/mol. The molecule has 0 fully saturated rings. The van der Waals surface area contributed by atoms with Gasteiger partial charge < -0.3 is 15.8 Å². The van der Waals surface area contributed by atoms with Crippen LogP contribution in [0.25, 0.3) is 0 Å². The zero-order valence-electron chi connectivity index (χ0n) is 9.86. The Morgan fingerprint density at radius 2 is 2.29 bits per heavy atom. The van der Waals surface area contributed by atoms with Gasteiger partial charge in [0.15, 0.2) is 5.13 Å². The maximum atomic E-state index is 5.76. The second-order valence-electron chi connectivity index (χ2n) is 3.72. The Labute approximate surface area is 104 Å². The van der Waals surface area contributed by atoms with E-state index < -0.39 is 0 Å². The van der Waals surface area contributed by atoms with Crippen molar-refractivity contribution >= 4 is 22.2 Å². The first-order chi connectivity index (χ1) is 8.19. The lowest BCUT2D eigenvalue weighted by molar-refractivity contribution is 0.410. The number of rotatable bonds is 4. The van der Waals surface area contributed by atoms with E-state index in [0.29, 0.717) is 6.54 Å². The summed E-state index contributed by atoms with van der Waals surface area (Å²) in [7, 11) is 1.66. The Morgan fingerprint density at radius 1 is 1.47 bits per heavy atom. The topological polar surface area (TPSA) is 60.2 Å². The van der Waals surface area contributed by atoms with Crippen molar-refractivity contribution in [3.63, 3.8) is 0 Å². The third-order valence-corrected chi connectivity index (χ3v) is 3.27. The summed E-state index contributed by atoms with van der Waals surface area (Å²) in [5, 5.41) is 6.18. The molecule has 17 heavy (non-hydrogen) atoms. The Bertz CT molecular complexity index is 510. The fraction of sp³-hybridized carbons (Fsp3) is 0.250. The molecule has 0 aliphatic rings. The van der Waals surface area contributed by atoms with Crippen molar-refractivity contribution in [1.29, 1.82) is 0 Å². The third kappa shape index (κ3) is 2.88. The number of ether oxygens (including phenoxy) is 1. The van der Waals surface area contributed by atoms with Crippen LogP contribution in [-0.4, -0.2) is 12.1 Å². The molecule has 5 heteroatoms. The molecule has 1 heterocycles. The smallest absolute Gasteiger partial charge is 0.183 e. The number of benzene rings is 1. The van der Waals surface area contributed by atoms with Crippen molar-refractivity contribution in [2.75, 3.05) is 18.2 Å². The number of nitrogens with two attached hydrogens (primary N) is 1. The predicted octanol–water partition coefficient (Wildman–Crippen LogP) is 2.65. The normalized spacial score (nSPS) is 10.2. The van der Waals surface area contributed by atoms with Gasteiger partial charge in [0.1, 0.15) is 5.75 Å². The molecule has 0 spiro atoms. The molecule has 2 aromatic rings. The standard InChI is InChI=1S/C12H15N3OS/c1-8-7-17-12(15-8)14-6-9-5-10(13)3-4-11(9)16-2/h3-5,7H,6,13H2,1-2H3,(H,14,15). The van der Waals surface area contributed by atoms with Gasteiger partial charge in [-0.2, -0.15) is 0 Å². The molecule has 1 aromatic heterocycles. The molecule has 0 aliphatic heterocycles. The summed E-state index contributed by atoms with van der Waals surface area (Å²) in [4.78, 5) is 4.34. The van der Waals surface area contributed by atoms with E-state index >= 15 is 0 Å². The van der Waals surface area contributed by atoms with E-state index in [4.69, 9.17) is 10.5 Å². The third-order valence-electron chi connectivity index (χ3n) is 2.35. The maximum absolute atomic E-state index is 5.76. The first kappa shape index (κ1) is 11.7. The number of thiazole rings is 1. The zero-order valence-corrected chi connectivity index (χ0v) is 10.7. The molecular formula is C12H15N3OS. The molecule has 3 N–H and O–H groups in total. The van der Waals surface area contributed by atoms with Crippen molar-refractivity contribution in [1.82, 2.24) is 4.98 Å². The number of anilines is 2. The SMILES string of the molecule is COc1ccc(N)cc1CNc1nc(C)cs1. The van der Waals surface area contributed by atoms with Gasteiger partial charge >= 0.3 is 0 Å². The van der Waals surface area contributed by atoms with Crippen LogP contribution in [0, 0.1) is 6.92 Å². The Morgan fingerprint density at radius 3 is 2.94 bits per heavy atom. The lowest BCUT2D eigenvalue weighted by Crippen LogP contribution is -2.02. The number of aromatic nitrogens is 1. The Kier molecular flexibility index (Phi) is 3.49. The van der Waals surface area contributed by atoms with E-state index in [2.05, 4.69) is 10.3 Å². The van der Waals surface area contributed by atoms with Crippen LogP contribution in [0.1, 0.15) is 11.3 Å². The number of nitrogens with zero attached hydrogens (tertiary/aromatic N) is 1. The number of aryl methyl sites for hydroxylation is 1. The molecule has 0 saturated heterocycles. The Hall–Kier alpha value is -1.75. The number of methoxy groups -OCH3 is 1. The van der Waals surface area contributed by atoms with Crippen molar-refractivity contribution in [2.24, 2.45) is 0 Å². The lowest BCUT2D eigenvalue weighted by Gasteiger charge is -2.09. The summed E-state index contributed by atoms with van der Waals surface area (Å²) in [6.07, 6.45) is 0. The van der Waals surface area contributed by atoms with Crippen LogP contribution in [0.15, 0.2) is 23.6 Å². The number of nitrogens with one attached hydrogen (secondary N) is 1. The largest absolute Gasteiger partial charge is 0.496 e. The average molecular weight is 249 g/mol. The Balaban J connectivity index is 2.10. The van der Waals surface area contributed by atoms with Gasteiger partial charge in [-0.25, -0.2) is 4.98 Å². The molecule has 4 nitrogen and oxygen atoms in total. The molecule has 0 atom stereocenters. The van der Waals surface area contributed by atoms with E-state index in [0.717, 1.165) is 27.8 Å². The minimum Gasteiger partial charge on any atom is -0.496 e. The molecule has 0 radical (unpaired) electrons. The minimum atomic E-state index is 0.654. The molecule has 0 aliphatic carbocycles. The van der Waals surface area contributed by atoms with Crippen molar-refractivity contribution < 1.29 is 4.74 Å². The number of hydrogen-bond acceptors (Lipinski definition) is 5. The first-order valence-corrected chi connectivity index (χ1v) is 6.15. The van der Waals surface area contributed by atoms with Gasteiger partial charge in [-0.1, -0.05) is 0 Å². The molecule has 2 rings (SSSR count). The molecule has 1 aromatic carbocycles. The van der Waals surface area contributed by atoms with E-state index in [1.54, 1.807) is 18.4 Å². The molecule has 90 valence electrons. The maximum Gasteiger partial charge on any atom is 0.183 e. The summed E-state index contributed by atoms with van der Waals surface area (Å²) in [5.41, 5.74) is 8.55. The second-order valence-corrected chi connectivity index (χ2v) is 4.58. The van der Waals surface area contributed by atoms with E-state index in [-0.39, 0.29) is 0 Å². The lowest BCUT2D eigenvalue weighted by atomic mass is 10.2. The summed E-state index contributed by atoms with van der Waals surface area (Å²) < 4.78 is 5.28. The fourth-order valence-corrected chi connectivity index (χ4v) is 2.23. The fourth-order valence-electron chi connectivity index (χ4n) is 1.54. The number of hydrogen-bond donors (Lipinski definition) is 2. The monoisotopic (exact) mass is 249 g/mol. The van der Waals surface area contributed by atoms with Crippen LogP contribution >= 0.6 is 11.3 Å². The van der Waals surface area contributed by atoms with Gasteiger partial charge in [-0.05, 0) is 25.1 Å². The van der Waals surface area contributed by atoms with Crippen LogP contribution in [-0.2, 0) is 6.54 Å². The van der Waals surface area contributed by atoms with Crippen molar-refractivity contribution in [2.45, 2.75) is 13.5 Å². The van der Waals surface area contributed by atoms with Gasteiger partial charge in [0, 0.05) is 23.2 Å². The molecule has 0 bridgehead atoms. The molecule has 0 unspecified atom stereocenters. The van der Waals surface area contributed by atoms with Crippen LogP contribution in [0.3, 0.4) is 0 Å². The van der Waals surface area contributed by atoms with Crippen LogP contribution in [0.5, 0.6) is 5.75 Å². The second kappa shape index (κ2) is 5.05. The van der Waals surface area contributed by atoms with Gasteiger partial charge in [0.25, 0.3) is 0 Å². The van der Waals surface area contributed by atoms with Gasteiger partial charge in [-0.15, -0.1) is 11.3 Å². The minimum absolute atomic E-state index is 0.654. The van der Waals surface area contributed by atoms with Crippen molar-refractivity contribution in [3.05, 3.63) is 34.8 Å². The highest BCUT2D eigenvalue weighted by Gasteiger charge is 2.04. The quantitative estimate of drug-likeness (QED) is 0.818. The highest BCUT2D eigenvalue weighted by molar-refractivity contribution is 7.13. The number of nitrogen functional groups attached to an aromatic ring is 1. The highest BCUT2D eigenvalue weighted by Crippen LogP contribution is 2.23. The van der Waals surface area contributed by atoms with Crippen LogP contribution in [0.4, 0.5) is 10.8 Å². The summed E-state index contributed by atoms with van der Waals surface area (Å²) in [5.74, 6) is 0.833. The highest BCUT2D eigenvalue weighted by atomic mass is 32.1. The predicted molar refractivity (Wildman–Crippen MR) is 71.6 cm³/mol. The zero-order chi connectivity index (χ0) is 12.3. The summed E-state index contributed by atoms with van der Waals surface area (Å²) in [6, 6.07) is 5.61.